The van der Waals surface area contributed by atoms with Crippen molar-refractivity contribution in [3.63, 3.8) is 0 Å². The molecule has 1 fully saturated rings. The van der Waals surface area contributed by atoms with Crippen molar-refractivity contribution in [2.24, 2.45) is 5.92 Å². The maximum Gasteiger partial charge on any atom is 0.220 e. The van der Waals surface area contributed by atoms with Gasteiger partial charge in [0.25, 0.3) is 0 Å². The Morgan fingerprint density at radius 1 is 1.36 bits per heavy atom. The van der Waals surface area contributed by atoms with Crippen molar-refractivity contribution in [2.75, 3.05) is 0 Å². The number of halogens is 1. The number of amides is 1. The average Bonchev–Trinajstić information content (AvgIpc) is 2.60. The van der Waals surface area contributed by atoms with E-state index in [0.717, 1.165) is 10.9 Å². The Morgan fingerprint density at radius 3 is 3.07 bits per heavy atom. The van der Waals surface area contributed by atoms with Crippen LogP contribution >= 0.6 is 15.9 Å². The molecule has 0 radical (unpaired) electrons. The van der Waals surface area contributed by atoms with Crippen LogP contribution < -0.4 is 5.32 Å². The third kappa shape index (κ3) is 1.05. The van der Waals surface area contributed by atoms with Crippen LogP contribution in [0.4, 0.5) is 0 Å². The van der Waals surface area contributed by atoms with E-state index in [0.29, 0.717) is 12.3 Å². The first-order valence-corrected chi connectivity index (χ1v) is 5.61. The molecule has 1 heterocycles. The van der Waals surface area contributed by atoms with Crippen LogP contribution in [-0.2, 0) is 11.2 Å². The quantitative estimate of drug-likeness (QED) is 0.753. The van der Waals surface area contributed by atoms with E-state index in [9.17, 15) is 4.79 Å². The third-order valence-corrected chi connectivity index (χ3v) is 3.86. The van der Waals surface area contributed by atoms with Gasteiger partial charge in [0.1, 0.15) is 0 Å². The minimum absolute atomic E-state index is 0.196. The topological polar surface area (TPSA) is 29.1 Å². The smallest absolute Gasteiger partial charge is 0.220 e. The largest absolute Gasteiger partial charge is 0.349 e. The zero-order valence-electron chi connectivity index (χ0n) is 7.59. The van der Waals surface area contributed by atoms with E-state index in [1.165, 1.54) is 11.1 Å². The molecule has 0 unspecified atom stereocenters. The number of carbonyl (C=O) groups excluding carboxylic acids is 1. The highest BCUT2D eigenvalue weighted by Crippen LogP contribution is 2.44. The van der Waals surface area contributed by atoms with Crippen LogP contribution in [0.2, 0.25) is 0 Å². The zero-order chi connectivity index (χ0) is 9.71. The van der Waals surface area contributed by atoms with Gasteiger partial charge in [0, 0.05) is 10.9 Å². The lowest BCUT2D eigenvalue weighted by Crippen LogP contribution is -2.18. The molecule has 2 atom stereocenters. The molecule has 1 aliphatic carbocycles. The van der Waals surface area contributed by atoms with E-state index in [4.69, 9.17) is 0 Å². The summed E-state index contributed by atoms with van der Waals surface area (Å²) in [6.07, 6.45) is 1.73. The fourth-order valence-corrected chi connectivity index (χ4v) is 3.25. The maximum absolute atomic E-state index is 11.3. The van der Waals surface area contributed by atoms with E-state index in [-0.39, 0.29) is 11.9 Å². The Bertz CT molecular complexity index is 416. The first-order chi connectivity index (χ1) is 6.75. The van der Waals surface area contributed by atoms with Crippen molar-refractivity contribution in [3.05, 3.63) is 33.8 Å². The molecule has 0 aromatic heterocycles. The van der Waals surface area contributed by atoms with E-state index < -0.39 is 0 Å². The van der Waals surface area contributed by atoms with Crippen LogP contribution in [0.5, 0.6) is 0 Å². The van der Waals surface area contributed by atoms with Crippen molar-refractivity contribution in [1.29, 1.82) is 0 Å². The molecule has 1 N–H and O–H groups in total. The Kier molecular flexibility index (Phi) is 1.71. The van der Waals surface area contributed by atoms with Gasteiger partial charge < -0.3 is 5.32 Å². The minimum atomic E-state index is 0.196. The predicted molar refractivity (Wildman–Crippen MR) is 56.8 cm³/mol. The van der Waals surface area contributed by atoms with Crippen LogP contribution in [0.3, 0.4) is 0 Å². The summed E-state index contributed by atoms with van der Waals surface area (Å²) in [4.78, 5) is 11.3. The Labute approximate surface area is 90.8 Å². The van der Waals surface area contributed by atoms with Gasteiger partial charge in [-0.25, -0.2) is 0 Å². The Hall–Kier alpha value is -0.830. The number of benzene rings is 1. The fraction of sp³-hybridized carbons (Fsp3) is 0.364. The molecule has 0 spiro atoms. The van der Waals surface area contributed by atoms with Crippen molar-refractivity contribution < 1.29 is 4.79 Å². The van der Waals surface area contributed by atoms with Gasteiger partial charge in [-0.15, -0.1) is 0 Å². The van der Waals surface area contributed by atoms with Crippen LogP contribution in [0.1, 0.15) is 23.6 Å². The van der Waals surface area contributed by atoms with Crippen molar-refractivity contribution in [2.45, 2.75) is 18.9 Å². The summed E-state index contributed by atoms with van der Waals surface area (Å²) in [6, 6.07) is 6.52. The number of carbonyl (C=O) groups is 1. The summed E-state index contributed by atoms with van der Waals surface area (Å²) in [5.74, 6) is 0.678. The van der Waals surface area contributed by atoms with E-state index in [1.807, 2.05) is 6.07 Å². The zero-order valence-corrected chi connectivity index (χ0v) is 9.17. The molecule has 3 rings (SSSR count). The van der Waals surface area contributed by atoms with Gasteiger partial charge in [-0.3, -0.25) is 4.79 Å². The van der Waals surface area contributed by atoms with E-state index in [1.54, 1.807) is 0 Å². The van der Waals surface area contributed by atoms with Gasteiger partial charge in [0.2, 0.25) is 5.91 Å². The molecule has 0 bridgehead atoms. The SMILES string of the molecule is O=C1C[C@H]2Cc3cccc(Br)c3[C@H]2N1. The van der Waals surface area contributed by atoms with Gasteiger partial charge >= 0.3 is 0 Å². The molecule has 1 aliphatic heterocycles. The monoisotopic (exact) mass is 251 g/mol. The molecule has 72 valence electrons. The molecule has 1 aromatic carbocycles. The fourth-order valence-electron chi connectivity index (χ4n) is 2.59. The summed E-state index contributed by atoms with van der Waals surface area (Å²) in [7, 11) is 0. The molecule has 1 aromatic rings. The van der Waals surface area contributed by atoms with Gasteiger partial charge in [-0.05, 0) is 29.5 Å². The highest BCUT2D eigenvalue weighted by atomic mass is 79.9. The van der Waals surface area contributed by atoms with E-state index in [2.05, 4.69) is 33.4 Å². The van der Waals surface area contributed by atoms with Gasteiger partial charge in [-0.1, -0.05) is 28.1 Å². The molecule has 3 heteroatoms. The molecule has 14 heavy (non-hydrogen) atoms. The number of fused-ring (bicyclic) bond motifs is 3. The lowest BCUT2D eigenvalue weighted by Gasteiger charge is -2.11. The van der Waals surface area contributed by atoms with Gasteiger partial charge in [0.05, 0.1) is 6.04 Å². The van der Waals surface area contributed by atoms with Gasteiger partial charge in [-0.2, -0.15) is 0 Å². The standard InChI is InChI=1S/C11H10BrNO/c12-8-3-1-2-6-4-7-5-9(14)13-11(7)10(6)8/h1-3,7,11H,4-5H2,(H,13,14)/t7-,11+/m1/s1. The summed E-state index contributed by atoms with van der Waals surface area (Å²) in [6.45, 7) is 0. The van der Waals surface area contributed by atoms with Gasteiger partial charge in [0.15, 0.2) is 0 Å². The molecular weight excluding hydrogens is 242 g/mol. The average molecular weight is 252 g/mol. The summed E-state index contributed by atoms with van der Waals surface area (Å²) in [5.41, 5.74) is 2.68. The molecule has 2 nitrogen and oxygen atoms in total. The molecule has 2 aliphatic rings. The second kappa shape index (κ2) is 2.83. The van der Waals surface area contributed by atoms with Crippen molar-refractivity contribution >= 4 is 21.8 Å². The van der Waals surface area contributed by atoms with Crippen LogP contribution in [-0.4, -0.2) is 5.91 Å². The van der Waals surface area contributed by atoms with Crippen molar-refractivity contribution in [1.82, 2.24) is 5.32 Å². The lowest BCUT2D eigenvalue weighted by molar-refractivity contribution is -0.119. The highest BCUT2D eigenvalue weighted by molar-refractivity contribution is 9.10. The number of hydrogen-bond donors (Lipinski definition) is 1. The normalized spacial score (nSPS) is 28.5. The Balaban J connectivity index is 2.11. The van der Waals surface area contributed by atoms with Crippen LogP contribution in [0.25, 0.3) is 0 Å². The van der Waals surface area contributed by atoms with Crippen molar-refractivity contribution in [3.8, 4) is 0 Å². The molecule has 0 saturated carbocycles. The maximum atomic E-state index is 11.3. The molecular formula is C11H10BrNO. The predicted octanol–water partition coefficient (Wildman–Crippen LogP) is 2.18. The first kappa shape index (κ1) is 8.48. The van der Waals surface area contributed by atoms with Crippen LogP contribution in [0, 0.1) is 5.92 Å². The minimum Gasteiger partial charge on any atom is -0.349 e. The second-order valence-electron chi connectivity index (χ2n) is 4.03. The molecule has 1 amide bonds. The summed E-state index contributed by atoms with van der Waals surface area (Å²) < 4.78 is 1.13. The number of rotatable bonds is 0. The second-order valence-corrected chi connectivity index (χ2v) is 4.88. The summed E-state index contributed by atoms with van der Waals surface area (Å²) in [5, 5.41) is 3.04. The number of nitrogens with one attached hydrogen (secondary N) is 1. The lowest BCUT2D eigenvalue weighted by atomic mass is 10.0. The highest BCUT2D eigenvalue weighted by Gasteiger charge is 2.40. The number of hydrogen-bond acceptors (Lipinski definition) is 1. The van der Waals surface area contributed by atoms with E-state index >= 15 is 0 Å². The Morgan fingerprint density at radius 2 is 2.21 bits per heavy atom. The summed E-state index contributed by atoms with van der Waals surface area (Å²) >= 11 is 3.55. The van der Waals surface area contributed by atoms with Crippen LogP contribution in [0.15, 0.2) is 22.7 Å². The third-order valence-electron chi connectivity index (χ3n) is 3.17. The molecule has 1 saturated heterocycles. The first-order valence-electron chi connectivity index (χ1n) is 4.82.